The van der Waals surface area contributed by atoms with Crippen LogP contribution < -0.4 is 9.89 Å². The average molecular weight is 177 g/mol. The molecule has 1 aromatic rings. The standard InChI is InChI=1S/C10H11NS/c1-10(2)6-3-4-9-8(11-10)5-7-12-9/h3-7H,1-2H3. The molecular weight excluding hydrogens is 166 g/mol. The van der Waals surface area contributed by atoms with E-state index in [1.54, 1.807) is 11.3 Å². The lowest BCUT2D eigenvalue weighted by atomic mass is 10.1. The minimum Gasteiger partial charge on any atom is -0.274 e. The molecule has 2 heteroatoms. The molecule has 12 heavy (non-hydrogen) atoms. The second kappa shape index (κ2) is 2.56. The molecule has 0 fully saturated rings. The maximum absolute atomic E-state index is 4.62. The lowest BCUT2D eigenvalue weighted by Crippen LogP contribution is -2.23. The van der Waals surface area contributed by atoms with E-state index >= 15 is 0 Å². The van der Waals surface area contributed by atoms with E-state index in [0.29, 0.717) is 0 Å². The molecule has 2 heterocycles. The first-order valence-corrected chi connectivity index (χ1v) is 4.88. The Balaban J connectivity index is 2.75. The molecule has 0 radical (unpaired) electrons. The molecule has 62 valence electrons. The summed E-state index contributed by atoms with van der Waals surface area (Å²) in [6.45, 7) is 4.23. The molecule has 0 saturated heterocycles. The monoisotopic (exact) mass is 177 g/mol. The fourth-order valence-electron chi connectivity index (χ4n) is 1.25. The van der Waals surface area contributed by atoms with Gasteiger partial charge in [-0.1, -0.05) is 12.2 Å². The van der Waals surface area contributed by atoms with Gasteiger partial charge in [0.25, 0.3) is 0 Å². The summed E-state index contributed by atoms with van der Waals surface area (Å²) in [5.74, 6) is 0. The van der Waals surface area contributed by atoms with Crippen LogP contribution in [0.4, 0.5) is 0 Å². The molecule has 0 amide bonds. The van der Waals surface area contributed by atoms with E-state index in [1.165, 1.54) is 4.53 Å². The zero-order valence-electron chi connectivity index (χ0n) is 7.24. The van der Waals surface area contributed by atoms with E-state index in [2.05, 4.69) is 48.5 Å². The highest BCUT2D eigenvalue weighted by atomic mass is 32.1. The van der Waals surface area contributed by atoms with Crippen LogP contribution >= 0.6 is 11.3 Å². The first-order valence-electron chi connectivity index (χ1n) is 4.00. The number of allylic oxidation sites excluding steroid dienone is 1. The van der Waals surface area contributed by atoms with Gasteiger partial charge in [0, 0.05) is 0 Å². The molecule has 0 bridgehead atoms. The van der Waals surface area contributed by atoms with Crippen molar-refractivity contribution in [3.63, 3.8) is 0 Å². The van der Waals surface area contributed by atoms with E-state index in [4.69, 9.17) is 0 Å². The number of hydrogen-bond donors (Lipinski definition) is 0. The minimum absolute atomic E-state index is 0.0528. The van der Waals surface area contributed by atoms with Gasteiger partial charge in [-0.3, -0.25) is 4.99 Å². The van der Waals surface area contributed by atoms with E-state index in [-0.39, 0.29) is 5.54 Å². The van der Waals surface area contributed by atoms with Crippen molar-refractivity contribution in [1.29, 1.82) is 0 Å². The maximum Gasteiger partial charge on any atom is 0.0764 e. The SMILES string of the molecule is CC1(C)C=CC=c2sccc2=N1. The van der Waals surface area contributed by atoms with Crippen molar-refractivity contribution in [2.75, 3.05) is 0 Å². The second-order valence-electron chi connectivity index (χ2n) is 3.46. The van der Waals surface area contributed by atoms with Crippen molar-refractivity contribution < 1.29 is 0 Å². The van der Waals surface area contributed by atoms with Crippen LogP contribution in [0, 0.1) is 0 Å². The summed E-state index contributed by atoms with van der Waals surface area (Å²) < 4.78 is 1.26. The van der Waals surface area contributed by atoms with Crippen LogP contribution in [-0.2, 0) is 0 Å². The van der Waals surface area contributed by atoms with Gasteiger partial charge in [-0.15, -0.1) is 11.3 Å². The molecule has 1 aliphatic rings. The summed E-state index contributed by atoms with van der Waals surface area (Å²) >= 11 is 1.74. The highest BCUT2D eigenvalue weighted by molar-refractivity contribution is 7.07. The van der Waals surface area contributed by atoms with Gasteiger partial charge in [-0.25, -0.2) is 0 Å². The van der Waals surface area contributed by atoms with Crippen LogP contribution in [-0.4, -0.2) is 5.54 Å². The Bertz CT molecular complexity index is 423. The van der Waals surface area contributed by atoms with Crippen LogP contribution in [0.1, 0.15) is 13.8 Å². The van der Waals surface area contributed by atoms with Gasteiger partial charge in [-0.05, 0) is 31.4 Å². The largest absolute Gasteiger partial charge is 0.274 e. The van der Waals surface area contributed by atoms with E-state index in [9.17, 15) is 0 Å². The zero-order chi connectivity index (χ0) is 8.60. The molecule has 2 rings (SSSR count). The number of nitrogens with zero attached hydrogens (tertiary/aromatic N) is 1. The number of thiophene rings is 1. The number of fused-ring (bicyclic) bond motifs is 1. The molecular formula is C10H11NS. The Morgan fingerprint density at radius 2 is 2.25 bits per heavy atom. The van der Waals surface area contributed by atoms with Crippen molar-refractivity contribution in [2.24, 2.45) is 4.99 Å². The Morgan fingerprint density at radius 3 is 3.08 bits per heavy atom. The second-order valence-corrected chi connectivity index (χ2v) is 4.41. The predicted molar refractivity (Wildman–Crippen MR) is 52.8 cm³/mol. The smallest absolute Gasteiger partial charge is 0.0764 e. The van der Waals surface area contributed by atoms with Gasteiger partial charge < -0.3 is 0 Å². The third-order valence-corrected chi connectivity index (χ3v) is 2.70. The molecule has 0 unspecified atom stereocenters. The quantitative estimate of drug-likeness (QED) is 0.569. The Morgan fingerprint density at radius 1 is 1.42 bits per heavy atom. The van der Waals surface area contributed by atoms with E-state index in [0.717, 1.165) is 5.36 Å². The van der Waals surface area contributed by atoms with Crippen molar-refractivity contribution in [3.8, 4) is 0 Å². The molecule has 0 aromatic carbocycles. The lowest BCUT2D eigenvalue weighted by molar-refractivity contribution is 0.639. The lowest BCUT2D eigenvalue weighted by Gasteiger charge is -2.11. The Labute approximate surface area is 75.8 Å². The van der Waals surface area contributed by atoms with Gasteiger partial charge in [0.1, 0.15) is 0 Å². The molecule has 0 N–H and O–H groups in total. The summed E-state index contributed by atoms with van der Waals surface area (Å²) in [5, 5.41) is 3.20. The fourth-order valence-corrected chi connectivity index (χ4v) is 1.99. The molecule has 0 atom stereocenters. The molecule has 1 nitrogen and oxygen atoms in total. The summed E-state index contributed by atoms with van der Waals surface area (Å²) in [6, 6.07) is 2.07. The van der Waals surface area contributed by atoms with Gasteiger partial charge in [-0.2, -0.15) is 0 Å². The summed E-state index contributed by atoms with van der Waals surface area (Å²) in [5.41, 5.74) is -0.0528. The van der Waals surface area contributed by atoms with Crippen LogP contribution in [0.5, 0.6) is 0 Å². The van der Waals surface area contributed by atoms with E-state index in [1.807, 2.05) is 0 Å². The third-order valence-electron chi connectivity index (χ3n) is 1.83. The Hall–Kier alpha value is -0.890. The third kappa shape index (κ3) is 1.34. The van der Waals surface area contributed by atoms with Crippen molar-refractivity contribution in [2.45, 2.75) is 19.4 Å². The zero-order valence-corrected chi connectivity index (χ0v) is 8.06. The molecule has 0 aliphatic carbocycles. The Kier molecular flexibility index (Phi) is 1.65. The number of rotatable bonds is 0. The van der Waals surface area contributed by atoms with Crippen LogP contribution in [0.15, 0.2) is 28.6 Å². The maximum atomic E-state index is 4.62. The fraction of sp³-hybridized carbons (Fsp3) is 0.300. The highest BCUT2D eigenvalue weighted by Crippen LogP contribution is 2.10. The van der Waals surface area contributed by atoms with Gasteiger partial charge in [0.15, 0.2) is 0 Å². The van der Waals surface area contributed by atoms with Gasteiger partial charge in [0.2, 0.25) is 0 Å². The number of hydrogen-bond acceptors (Lipinski definition) is 2. The molecule has 0 saturated carbocycles. The van der Waals surface area contributed by atoms with Crippen molar-refractivity contribution in [3.05, 3.63) is 33.5 Å². The summed E-state index contributed by atoms with van der Waals surface area (Å²) in [4.78, 5) is 4.62. The predicted octanol–water partition coefficient (Wildman–Crippen LogP) is 1.50. The summed E-state index contributed by atoms with van der Waals surface area (Å²) in [7, 11) is 0. The first kappa shape index (κ1) is 7.74. The van der Waals surface area contributed by atoms with Crippen molar-refractivity contribution >= 4 is 17.4 Å². The van der Waals surface area contributed by atoms with Crippen LogP contribution in [0.25, 0.3) is 6.08 Å². The topological polar surface area (TPSA) is 12.4 Å². The average Bonchev–Trinajstić information content (AvgIpc) is 2.31. The van der Waals surface area contributed by atoms with Crippen LogP contribution in [0.3, 0.4) is 0 Å². The normalized spacial score (nSPS) is 18.8. The highest BCUT2D eigenvalue weighted by Gasteiger charge is 2.11. The van der Waals surface area contributed by atoms with Gasteiger partial charge >= 0.3 is 0 Å². The van der Waals surface area contributed by atoms with Gasteiger partial charge in [0.05, 0.1) is 15.4 Å². The summed E-state index contributed by atoms with van der Waals surface area (Å²) in [6.07, 6.45) is 6.34. The molecule has 0 spiro atoms. The van der Waals surface area contributed by atoms with Crippen molar-refractivity contribution in [1.82, 2.24) is 0 Å². The minimum atomic E-state index is -0.0528. The first-order chi connectivity index (χ1) is 5.67. The van der Waals surface area contributed by atoms with Crippen LogP contribution in [0.2, 0.25) is 0 Å². The van der Waals surface area contributed by atoms with E-state index < -0.39 is 0 Å². The molecule has 1 aliphatic heterocycles. The molecule has 1 aromatic heterocycles.